The summed E-state index contributed by atoms with van der Waals surface area (Å²) in [4.78, 5) is 4.85. The summed E-state index contributed by atoms with van der Waals surface area (Å²) in [5.41, 5.74) is 3.71. The van der Waals surface area contributed by atoms with E-state index in [2.05, 4.69) is 43.5 Å². The predicted molar refractivity (Wildman–Crippen MR) is 90.1 cm³/mol. The van der Waals surface area contributed by atoms with Crippen LogP contribution in [0.15, 0.2) is 18.2 Å². The van der Waals surface area contributed by atoms with Crippen molar-refractivity contribution in [2.75, 3.05) is 5.88 Å². The first-order chi connectivity index (χ1) is 10.1. The normalized spacial score (nSPS) is 26.4. The van der Waals surface area contributed by atoms with Crippen LogP contribution in [0.1, 0.15) is 50.5 Å². The van der Waals surface area contributed by atoms with Crippen LogP contribution in [0.3, 0.4) is 0 Å². The Hall–Kier alpha value is -1.02. The number of fused-ring (bicyclic) bond motifs is 1. The first kappa shape index (κ1) is 14.9. The Morgan fingerprint density at radius 3 is 2.57 bits per heavy atom. The van der Waals surface area contributed by atoms with Gasteiger partial charge >= 0.3 is 0 Å². The molecule has 2 unspecified atom stereocenters. The molecule has 0 radical (unpaired) electrons. The molecular formula is C18H25ClN2. The molecule has 0 N–H and O–H groups in total. The maximum Gasteiger partial charge on any atom is 0.111 e. The molecule has 0 spiro atoms. The van der Waals surface area contributed by atoms with E-state index >= 15 is 0 Å². The average molecular weight is 305 g/mol. The fourth-order valence-corrected chi connectivity index (χ4v) is 4.21. The smallest absolute Gasteiger partial charge is 0.111 e. The van der Waals surface area contributed by atoms with Gasteiger partial charge in [-0.05, 0) is 55.7 Å². The van der Waals surface area contributed by atoms with Crippen LogP contribution in [-0.2, 0) is 6.42 Å². The summed E-state index contributed by atoms with van der Waals surface area (Å²) in [6, 6.07) is 7.16. The molecule has 1 heterocycles. The molecule has 0 saturated heterocycles. The topological polar surface area (TPSA) is 17.8 Å². The van der Waals surface area contributed by atoms with E-state index in [0.717, 1.165) is 29.6 Å². The third kappa shape index (κ3) is 2.96. The molecular weight excluding hydrogens is 280 g/mol. The minimum absolute atomic E-state index is 0.578. The van der Waals surface area contributed by atoms with Crippen LogP contribution in [0, 0.1) is 18.8 Å². The molecule has 2 atom stereocenters. The standard InChI is InChI=1S/C18H25ClN2/c1-12-4-5-16-17(11-12)21(18(20-16)6-7-19)15-9-13(2)8-14(3)10-15/h4-5,11,13-15H,6-10H2,1-3H3. The lowest BCUT2D eigenvalue weighted by molar-refractivity contribution is 0.222. The lowest BCUT2D eigenvalue weighted by Gasteiger charge is -2.33. The quantitative estimate of drug-likeness (QED) is 0.719. The third-order valence-corrected chi connectivity index (χ3v) is 4.94. The van der Waals surface area contributed by atoms with Crippen molar-refractivity contribution in [3.8, 4) is 0 Å². The van der Waals surface area contributed by atoms with Gasteiger partial charge in [0.25, 0.3) is 0 Å². The molecule has 0 aliphatic heterocycles. The fraction of sp³-hybridized carbons (Fsp3) is 0.611. The molecule has 114 valence electrons. The molecule has 0 amide bonds. The van der Waals surface area contributed by atoms with Crippen LogP contribution in [0.4, 0.5) is 0 Å². The number of nitrogens with zero attached hydrogens (tertiary/aromatic N) is 2. The fourth-order valence-electron chi connectivity index (χ4n) is 4.04. The van der Waals surface area contributed by atoms with Crippen LogP contribution in [0.25, 0.3) is 11.0 Å². The number of rotatable bonds is 3. The Morgan fingerprint density at radius 2 is 1.90 bits per heavy atom. The average Bonchev–Trinajstić information content (AvgIpc) is 2.75. The molecule has 3 rings (SSSR count). The molecule has 2 nitrogen and oxygen atoms in total. The van der Waals surface area contributed by atoms with Crippen molar-refractivity contribution < 1.29 is 0 Å². The number of aryl methyl sites for hydroxylation is 2. The Balaban J connectivity index is 2.09. The van der Waals surface area contributed by atoms with Crippen LogP contribution < -0.4 is 0 Å². The van der Waals surface area contributed by atoms with Crippen molar-refractivity contribution in [3.05, 3.63) is 29.6 Å². The maximum absolute atomic E-state index is 6.01. The summed E-state index contributed by atoms with van der Waals surface area (Å²) in [6.45, 7) is 6.92. The van der Waals surface area contributed by atoms with Crippen molar-refractivity contribution in [2.24, 2.45) is 11.8 Å². The second-order valence-electron chi connectivity index (χ2n) is 6.90. The Kier molecular flexibility index (Phi) is 4.26. The summed E-state index contributed by atoms with van der Waals surface area (Å²) in [6.07, 6.45) is 4.74. The van der Waals surface area contributed by atoms with Gasteiger partial charge in [0.15, 0.2) is 0 Å². The summed E-state index contributed by atoms with van der Waals surface area (Å²) in [5.74, 6) is 3.40. The number of aromatic nitrogens is 2. The summed E-state index contributed by atoms with van der Waals surface area (Å²) < 4.78 is 2.50. The SMILES string of the molecule is Cc1ccc2nc(CCCl)n(C3CC(C)CC(C)C3)c2c1. The van der Waals surface area contributed by atoms with Gasteiger partial charge in [-0.2, -0.15) is 0 Å². The molecule has 1 fully saturated rings. The van der Waals surface area contributed by atoms with E-state index in [1.807, 2.05) is 0 Å². The Morgan fingerprint density at radius 1 is 1.19 bits per heavy atom. The Labute approximate surface area is 132 Å². The molecule has 1 aromatic carbocycles. The molecule has 1 aliphatic rings. The van der Waals surface area contributed by atoms with Gasteiger partial charge in [0, 0.05) is 18.3 Å². The third-order valence-electron chi connectivity index (χ3n) is 4.75. The van der Waals surface area contributed by atoms with Crippen molar-refractivity contribution in [3.63, 3.8) is 0 Å². The van der Waals surface area contributed by atoms with Crippen LogP contribution in [0.5, 0.6) is 0 Å². The van der Waals surface area contributed by atoms with Gasteiger partial charge in [-0.25, -0.2) is 4.98 Å². The molecule has 0 bridgehead atoms. The molecule has 3 heteroatoms. The van der Waals surface area contributed by atoms with Gasteiger partial charge in [0.2, 0.25) is 0 Å². The monoisotopic (exact) mass is 304 g/mol. The zero-order valence-electron chi connectivity index (χ0n) is 13.3. The van der Waals surface area contributed by atoms with Gasteiger partial charge in [0.05, 0.1) is 11.0 Å². The highest BCUT2D eigenvalue weighted by Crippen LogP contribution is 2.38. The van der Waals surface area contributed by atoms with Gasteiger partial charge in [0.1, 0.15) is 5.82 Å². The zero-order chi connectivity index (χ0) is 15.0. The van der Waals surface area contributed by atoms with Crippen LogP contribution in [-0.4, -0.2) is 15.4 Å². The number of benzene rings is 1. The number of hydrogen-bond donors (Lipinski definition) is 0. The Bertz CT molecular complexity index is 621. The summed E-state index contributed by atoms with van der Waals surface area (Å²) in [7, 11) is 0. The van der Waals surface area contributed by atoms with E-state index in [1.54, 1.807) is 0 Å². The zero-order valence-corrected chi connectivity index (χ0v) is 14.0. The van der Waals surface area contributed by atoms with Gasteiger partial charge in [-0.1, -0.05) is 19.9 Å². The highest BCUT2D eigenvalue weighted by molar-refractivity contribution is 6.17. The number of halogens is 1. The van der Waals surface area contributed by atoms with Gasteiger partial charge < -0.3 is 4.57 Å². The van der Waals surface area contributed by atoms with Gasteiger partial charge in [-0.3, -0.25) is 0 Å². The summed E-state index contributed by atoms with van der Waals surface area (Å²) in [5, 5.41) is 0. The largest absolute Gasteiger partial charge is 0.325 e. The minimum Gasteiger partial charge on any atom is -0.325 e. The van der Waals surface area contributed by atoms with Crippen molar-refractivity contribution in [2.45, 2.75) is 52.5 Å². The van der Waals surface area contributed by atoms with E-state index in [0.29, 0.717) is 11.9 Å². The van der Waals surface area contributed by atoms with Crippen molar-refractivity contribution >= 4 is 22.6 Å². The molecule has 21 heavy (non-hydrogen) atoms. The molecule has 1 saturated carbocycles. The second-order valence-corrected chi connectivity index (χ2v) is 7.28. The minimum atomic E-state index is 0.578. The summed E-state index contributed by atoms with van der Waals surface area (Å²) >= 11 is 6.01. The number of imidazole rings is 1. The number of hydrogen-bond acceptors (Lipinski definition) is 1. The lowest BCUT2D eigenvalue weighted by Crippen LogP contribution is -2.24. The predicted octanol–water partition coefficient (Wildman–Crippen LogP) is 5.12. The van der Waals surface area contributed by atoms with Gasteiger partial charge in [-0.15, -0.1) is 11.6 Å². The van der Waals surface area contributed by atoms with E-state index in [9.17, 15) is 0 Å². The maximum atomic E-state index is 6.01. The second kappa shape index (κ2) is 6.00. The first-order valence-electron chi connectivity index (χ1n) is 8.12. The molecule has 2 aromatic rings. The van der Waals surface area contributed by atoms with Crippen LogP contribution >= 0.6 is 11.6 Å². The van der Waals surface area contributed by atoms with E-state index < -0.39 is 0 Å². The lowest BCUT2D eigenvalue weighted by atomic mass is 9.80. The molecule has 1 aliphatic carbocycles. The highest BCUT2D eigenvalue weighted by Gasteiger charge is 2.27. The van der Waals surface area contributed by atoms with Crippen molar-refractivity contribution in [1.29, 1.82) is 0 Å². The first-order valence-corrected chi connectivity index (χ1v) is 8.65. The van der Waals surface area contributed by atoms with E-state index in [1.165, 1.54) is 30.3 Å². The van der Waals surface area contributed by atoms with E-state index in [4.69, 9.17) is 16.6 Å². The van der Waals surface area contributed by atoms with Crippen molar-refractivity contribution in [1.82, 2.24) is 9.55 Å². The van der Waals surface area contributed by atoms with Crippen LogP contribution in [0.2, 0.25) is 0 Å². The number of alkyl halides is 1. The highest BCUT2D eigenvalue weighted by atomic mass is 35.5. The van der Waals surface area contributed by atoms with E-state index in [-0.39, 0.29) is 0 Å². The molecule has 1 aromatic heterocycles.